The van der Waals surface area contributed by atoms with E-state index in [0.29, 0.717) is 6.04 Å². The summed E-state index contributed by atoms with van der Waals surface area (Å²) in [6.45, 7) is 4.60. The van der Waals surface area contributed by atoms with Gasteiger partial charge in [-0.2, -0.15) is 0 Å². The fraction of sp³-hybridized carbons (Fsp3) is 0.900. The van der Waals surface area contributed by atoms with Crippen molar-refractivity contribution in [1.82, 2.24) is 4.90 Å². The molecule has 14 heavy (non-hydrogen) atoms. The van der Waals surface area contributed by atoms with E-state index in [0.717, 1.165) is 32.6 Å². The summed E-state index contributed by atoms with van der Waals surface area (Å²) in [5, 5.41) is 7.33. The van der Waals surface area contributed by atoms with Crippen LogP contribution in [0.3, 0.4) is 0 Å². The van der Waals surface area contributed by atoms with Crippen molar-refractivity contribution >= 4 is 5.84 Å². The molecule has 1 rings (SSSR count). The Labute approximate surface area is 85.9 Å². The molecule has 0 radical (unpaired) electrons. The lowest BCUT2D eigenvalue weighted by atomic mass is 10.1. The predicted octanol–water partition coefficient (Wildman–Crippen LogP) is 0.669. The van der Waals surface area contributed by atoms with E-state index >= 15 is 0 Å². The second-order valence-corrected chi connectivity index (χ2v) is 4.14. The van der Waals surface area contributed by atoms with Crippen molar-refractivity contribution in [1.29, 1.82) is 5.41 Å². The molecule has 0 spiro atoms. The van der Waals surface area contributed by atoms with Crippen molar-refractivity contribution in [2.24, 2.45) is 11.7 Å². The third kappa shape index (κ3) is 3.27. The van der Waals surface area contributed by atoms with Crippen LogP contribution in [0.1, 0.15) is 19.8 Å². The first-order chi connectivity index (χ1) is 6.61. The predicted molar refractivity (Wildman–Crippen MR) is 57.5 cm³/mol. The van der Waals surface area contributed by atoms with Crippen LogP contribution < -0.4 is 5.73 Å². The first kappa shape index (κ1) is 11.5. The van der Waals surface area contributed by atoms with Gasteiger partial charge in [-0.15, -0.1) is 0 Å². The number of ether oxygens (including phenoxy) is 1. The zero-order chi connectivity index (χ0) is 10.6. The number of hydrogen-bond acceptors (Lipinski definition) is 3. The van der Waals surface area contributed by atoms with Crippen molar-refractivity contribution in [2.75, 3.05) is 26.8 Å². The van der Waals surface area contributed by atoms with Gasteiger partial charge in [0.15, 0.2) is 0 Å². The van der Waals surface area contributed by atoms with Crippen molar-refractivity contribution in [2.45, 2.75) is 25.8 Å². The number of hydrogen-bond donors (Lipinski definition) is 2. The molecular formula is C10H21N3O. The minimum absolute atomic E-state index is 0.155. The Morgan fingerprint density at radius 2 is 2.14 bits per heavy atom. The summed E-state index contributed by atoms with van der Waals surface area (Å²) < 4.78 is 5.31. The van der Waals surface area contributed by atoms with Crippen molar-refractivity contribution in [3.05, 3.63) is 0 Å². The summed E-state index contributed by atoms with van der Waals surface area (Å²) in [6, 6.07) is 0.602. The lowest BCUT2D eigenvalue weighted by Crippen LogP contribution is -2.41. The van der Waals surface area contributed by atoms with Crippen LogP contribution >= 0.6 is 0 Å². The molecular weight excluding hydrogens is 178 g/mol. The van der Waals surface area contributed by atoms with Crippen LogP contribution in [0.2, 0.25) is 0 Å². The van der Waals surface area contributed by atoms with Gasteiger partial charge in [0.2, 0.25) is 0 Å². The smallest absolute Gasteiger partial charge is 0.0947 e. The fourth-order valence-corrected chi connectivity index (χ4v) is 1.81. The lowest BCUT2D eigenvalue weighted by molar-refractivity contribution is 0.0412. The number of rotatable bonds is 4. The second kappa shape index (κ2) is 5.32. The molecule has 1 unspecified atom stereocenters. The third-order valence-electron chi connectivity index (χ3n) is 2.91. The van der Waals surface area contributed by atoms with Gasteiger partial charge in [-0.1, -0.05) is 6.92 Å². The van der Waals surface area contributed by atoms with Gasteiger partial charge in [0, 0.05) is 31.7 Å². The highest BCUT2D eigenvalue weighted by Crippen LogP contribution is 2.13. The first-order valence-electron chi connectivity index (χ1n) is 5.23. The van der Waals surface area contributed by atoms with E-state index in [4.69, 9.17) is 15.9 Å². The first-order valence-corrected chi connectivity index (χ1v) is 5.23. The van der Waals surface area contributed by atoms with Crippen LogP contribution in [0.15, 0.2) is 0 Å². The molecule has 0 aliphatic carbocycles. The van der Waals surface area contributed by atoms with Gasteiger partial charge in [0.1, 0.15) is 0 Å². The minimum atomic E-state index is 0.155. The molecule has 0 aromatic carbocycles. The third-order valence-corrected chi connectivity index (χ3v) is 2.91. The zero-order valence-electron chi connectivity index (χ0n) is 9.12. The van der Waals surface area contributed by atoms with Gasteiger partial charge in [-0.05, 0) is 19.9 Å². The molecule has 1 aliphatic heterocycles. The molecule has 1 fully saturated rings. The summed E-state index contributed by atoms with van der Waals surface area (Å²) >= 11 is 0. The lowest BCUT2D eigenvalue weighted by Gasteiger charge is -2.32. The Hall–Kier alpha value is -0.610. The van der Waals surface area contributed by atoms with E-state index in [1.165, 1.54) is 0 Å². The van der Waals surface area contributed by atoms with Crippen LogP contribution in [0.25, 0.3) is 0 Å². The maximum atomic E-state index is 7.33. The Balaban J connectivity index is 2.32. The molecule has 0 amide bonds. The molecule has 4 nitrogen and oxygen atoms in total. The summed E-state index contributed by atoms with van der Waals surface area (Å²) in [5.74, 6) is 0.437. The van der Waals surface area contributed by atoms with E-state index < -0.39 is 0 Å². The summed E-state index contributed by atoms with van der Waals surface area (Å²) in [4.78, 5) is 2.30. The van der Waals surface area contributed by atoms with Gasteiger partial charge in [-0.25, -0.2) is 0 Å². The maximum absolute atomic E-state index is 7.33. The van der Waals surface area contributed by atoms with Crippen molar-refractivity contribution in [3.63, 3.8) is 0 Å². The highest BCUT2D eigenvalue weighted by atomic mass is 16.5. The standard InChI is InChI=1S/C10H21N3O/c1-8(10(11)12)7-13(2)9-3-5-14-6-4-9/h8-9H,3-7H2,1-2H3,(H3,11,12). The van der Waals surface area contributed by atoms with E-state index in [-0.39, 0.29) is 11.8 Å². The van der Waals surface area contributed by atoms with Crippen molar-refractivity contribution in [3.8, 4) is 0 Å². The van der Waals surface area contributed by atoms with E-state index in [1.54, 1.807) is 0 Å². The number of nitrogens with one attached hydrogen (secondary N) is 1. The van der Waals surface area contributed by atoms with Crippen LogP contribution in [-0.4, -0.2) is 43.6 Å². The maximum Gasteiger partial charge on any atom is 0.0947 e. The Bertz CT molecular complexity index is 190. The molecule has 0 aromatic rings. The topological polar surface area (TPSA) is 62.3 Å². The molecule has 82 valence electrons. The molecule has 0 aromatic heterocycles. The minimum Gasteiger partial charge on any atom is -0.387 e. The highest BCUT2D eigenvalue weighted by Gasteiger charge is 2.20. The monoisotopic (exact) mass is 199 g/mol. The summed E-state index contributed by atoms with van der Waals surface area (Å²) in [7, 11) is 2.11. The quantitative estimate of drug-likeness (QED) is 0.516. The van der Waals surface area contributed by atoms with Gasteiger partial charge >= 0.3 is 0 Å². The van der Waals surface area contributed by atoms with Crippen LogP contribution in [-0.2, 0) is 4.74 Å². The average Bonchev–Trinajstić information content (AvgIpc) is 2.19. The number of amidine groups is 1. The molecule has 1 aliphatic rings. The van der Waals surface area contributed by atoms with Gasteiger partial charge in [-0.3, -0.25) is 5.41 Å². The highest BCUT2D eigenvalue weighted by molar-refractivity contribution is 5.79. The molecule has 4 heteroatoms. The van der Waals surface area contributed by atoms with E-state index in [2.05, 4.69) is 11.9 Å². The molecule has 1 heterocycles. The second-order valence-electron chi connectivity index (χ2n) is 4.14. The van der Waals surface area contributed by atoms with Gasteiger partial charge in [0.05, 0.1) is 5.84 Å². The van der Waals surface area contributed by atoms with Crippen molar-refractivity contribution < 1.29 is 4.74 Å². The SMILES string of the molecule is CC(CN(C)C1CCOCC1)C(=N)N. The zero-order valence-corrected chi connectivity index (χ0v) is 9.12. The Morgan fingerprint density at radius 1 is 1.57 bits per heavy atom. The molecule has 0 bridgehead atoms. The molecule has 1 saturated heterocycles. The Morgan fingerprint density at radius 3 is 2.64 bits per heavy atom. The number of nitrogens with zero attached hydrogens (tertiary/aromatic N) is 1. The average molecular weight is 199 g/mol. The summed E-state index contributed by atoms with van der Waals surface area (Å²) in [5.41, 5.74) is 5.45. The van der Waals surface area contributed by atoms with Crippen LogP contribution in [0, 0.1) is 11.3 Å². The summed E-state index contributed by atoms with van der Waals surface area (Å²) in [6.07, 6.45) is 2.20. The normalized spacial score (nSPS) is 21.1. The Kier molecular flexibility index (Phi) is 4.35. The van der Waals surface area contributed by atoms with Crippen LogP contribution in [0.4, 0.5) is 0 Å². The van der Waals surface area contributed by atoms with E-state index in [9.17, 15) is 0 Å². The fourth-order valence-electron chi connectivity index (χ4n) is 1.81. The molecule has 0 saturated carbocycles. The van der Waals surface area contributed by atoms with Gasteiger partial charge < -0.3 is 15.4 Å². The van der Waals surface area contributed by atoms with Gasteiger partial charge in [0.25, 0.3) is 0 Å². The largest absolute Gasteiger partial charge is 0.387 e. The van der Waals surface area contributed by atoms with Crippen LogP contribution in [0.5, 0.6) is 0 Å². The molecule has 3 N–H and O–H groups in total. The molecule has 1 atom stereocenters. The van der Waals surface area contributed by atoms with E-state index in [1.807, 2.05) is 6.92 Å². The number of nitrogens with two attached hydrogens (primary N) is 1.